The van der Waals surface area contributed by atoms with Crippen molar-refractivity contribution in [3.05, 3.63) is 104 Å². The number of aliphatic hydroxyl groups excluding tert-OH is 1. The Labute approximate surface area is 408 Å². The van der Waals surface area contributed by atoms with Crippen molar-refractivity contribution in [2.24, 2.45) is 10.4 Å². The van der Waals surface area contributed by atoms with Crippen LogP contribution in [0.1, 0.15) is 97.0 Å². The quantitative estimate of drug-likeness (QED) is 0.0836. The lowest BCUT2D eigenvalue weighted by Gasteiger charge is -2.36. The number of aromatic nitrogens is 4. The third kappa shape index (κ3) is 10.9. The number of thiophene rings is 1. The van der Waals surface area contributed by atoms with Gasteiger partial charge in [0.15, 0.2) is 5.82 Å². The molecule has 16 nitrogen and oxygen atoms in total. The number of halogens is 1. The largest absolute Gasteiger partial charge is 0.391 e. The summed E-state index contributed by atoms with van der Waals surface area (Å²) in [6.45, 7) is 13.8. The Morgan fingerprint density at radius 1 is 0.941 bits per heavy atom. The van der Waals surface area contributed by atoms with E-state index < -0.39 is 41.5 Å². The average molecular weight is 985 g/mol. The smallest absolute Gasteiger partial charge is 0.246 e. The van der Waals surface area contributed by atoms with Gasteiger partial charge in [-0.05, 0) is 74.8 Å². The van der Waals surface area contributed by atoms with Gasteiger partial charge in [-0.1, -0.05) is 68.8 Å². The van der Waals surface area contributed by atoms with Crippen molar-refractivity contribution in [3.63, 3.8) is 0 Å². The number of fused-ring (bicyclic) bond motifs is 3. The second-order valence-electron chi connectivity index (χ2n) is 18.8. The van der Waals surface area contributed by atoms with Gasteiger partial charge >= 0.3 is 0 Å². The predicted molar refractivity (Wildman–Crippen MR) is 261 cm³/mol. The number of nitrogens with one attached hydrogen (secondary N) is 3. The molecule has 2 fully saturated rings. The van der Waals surface area contributed by atoms with Gasteiger partial charge in [0, 0.05) is 46.6 Å². The van der Waals surface area contributed by atoms with Crippen molar-refractivity contribution in [2.75, 3.05) is 26.4 Å². The number of thiazole rings is 1. The SMILES string of the molecule is Cc1ncsc1-c1ccc(CNC(=O)[C@@H]2C[C@@H](O)CN2C(=O)C(NC(=O)COCCO[C@H]2C[C@@H](NC(=O)C[C@@H]3N=C(c4ccc(Cl)cc4)c4c(sc(C)c4C)-n4c(C)nnc43)C2)C(C)(C)C)cc1. The van der Waals surface area contributed by atoms with Crippen LogP contribution < -0.4 is 16.0 Å². The summed E-state index contributed by atoms with van der Waals surface area (Å²) in [5.74, 6) is -0.130. The molecule has 4 amide bonds. The predicted octanol–water partition coefficient (Wildman–Crippen LogP) is 6.11. The van der Waals surface area contributed by atoms with E-state index in [2.05, 4.69) is 45.0 Å². The van der Waals surface area contributed by atoms with Gasteiger partial charge in [0.05, 0.1) is 53.6 Å². The number of likely N-dealkylation sites (tertiary alicyclic amines) is 1. The summed E-state index contributed by atoms with van der Waals surface area (Å²) in [7, 11) is 0. The fourth-order valence-electron chi connectivity index (χ4n) is 8.84. The fraction of sp³-hybridized carbons (Fsp3) is 0.469. The van der Waals surface area contributed by atoms with Gasteiger partial charge in [-0.2, -0.15) is 0 Å². The Kier molecular flexibility index (Phi) is 14.9. The average Bonchev–Trinajstić information content (AvgIpc) is 4.05. The van der Waals surface area contributed by atoms with Crippen molar-refractivity contribution in [1.29, 1.82) is 0 Å². The molecule has 3 aromatic heterocycles. The van der Waals surface area contributed by atoms with E-state index in [0.29, 0.717) is 23.7 Å². The van der Waals surface area contributed by atoms with Crippen molar-refractivity contribution in [1.82, 2.24) is 40.6 Å². The molecule has 1 saturated carbocycles. The van der Waals surface area contributed by atoms with Gasteiger partial charge < -0.3 is 35.4 Å². The minimum absolute atomic E-state index is 0.0253. The highest BCUT2D eigenvalue weighted by molar-refractivity contribution is 7.15. The van der Waals surface area contributed by atoms with Crippen LogP contribution in [0.3, 0.4) is 0 Å². The normalized spacial score (nSPS) is 20.4. The number of β-amino-alcohol motifs (C(OH)–C–C–N with tert-alkyl or cyclic N) is 1. The van der Waals surface area contributed by atoms with E-state index in [9.17, 15) is 24.3 Å². The molecule has 8 rings (SSSR count). The molecule has 0 bridgehead atoms. The summed E-state index contributed by atoms with van der Waals surface area (Å²) in [5.41, 5.74) is 7.80. The molecular weight excluding hydrogens is 926 g/mol. The topological polar surface area (TPSA) is 202 Å². The summed E-state index contributed by atoms with van der Waals surface area (Å²) in [5, 5.41) is 30.0. The number of aryl methyl sites for hydroxylation is 3. The lowest BCUT2D eigenvalue weighted by Crippen LogP contribution is -2.58. The molecule has 360 valence electrons. The Morgan fingerprint density at radius 3 is 2.35 bits per heavy atom. The van der Waals surface area contributed by atoms with Gasteiger partial charge in [-0.15, -0.1) is 32.9 Å². The number of ether oxygens (including phenoxy) is 2. The molecule has 0 radical (unpaired) electrons. The number of aliphatic hydroxyl groups is 1. The standard InChI is InChI=1S/C49H58ClN9O7S2/c1-26-28(3)68-48-41(26)42(31-12-14-33(50)15-13-31)54-37(45-57-56-29(4)59(45)48)21-39(61)53-34-18-36(19-34)66-17-16-65-24-40(62)55-44(49(5,6)7)47(64)58-23-35(60)20-38(58)46(63)51-22-30-8-10-32(11-9-30)43-27(2)52-25-67-43/h8-15,25,34-38,44,60H,16-24H2,1-7H3,(H,51,63)(H,53,61)(H,55,62)/t34-,35-,36+,37+,38+,44?/m1/s1. The first-order valence-corrected chi connectivity index (χ1v) is 24.9. The Morgan fingerprint density at radius 2 is 1.66 bits per heavy atom. The van der Waals surface area contributed by atoms with Gasteiger partial charge in [-0.25, -0.2) is 4.98 Å². The van der Waals surface area contributed by atoms with Crippen LogP contribution in [-0.4, -0.2) is 116 Å². The van der Waals surface area contributed by atoms with Crippen LogP contribution in [0.5, 0.6) is 0 Å². The third-order valence-electron chi connectivity index (χ3n) is 12.7. The molecule has 4 N–H and O–H groups in total. The van der Waals surface area contributed by atoms with Crippen molar-refractivity contribution < 1.29 is 33.8 Å². The van der Waals surface area contributed by atoms with E-state index in [-0.39, 0.29) is 69.7 Å². The summed E-state index contributed by atoms with van der Waals surface area (Å²) >= 11 is 9.48. The highest BCUT2D eigenvalue weighted by atomic mass is 35.5. The summed E-state index contributed by atoms with van der Waals surface area (Å²) < 4.78 is 13.6. The number of carbonyl (C=O) groups excluding carboxylic acids is 4. The molecule has 19 heteroatoms. The second-order valence-corrected chi connectivity index (χ2v) is 21.3. The number of benzene rings is 2. The van der Waals surface area contributed by atoms with Gasteiger partial charge in [-0.3, -0.25) is 28.7 Å². The number of hydrogen-bond acceptors (Lipinski definition) is 13. The molecule has 2 aliphatic heterocycles. The van der Waals surface area contributed by atoms with Crippen molar-refractivity contribution >= 4 is 63.6 Å². The maximum absolute atomic E-state index is 14.0. The summed E-state index contributed by atoms with van der Waals surface area (Å²) in [6, 6.07) is 12.9. The number of nitrogens with zero attached hydrogens (tertiary/aromatic N) is 6. The van der Waals surface area contributed by atoms with E-state index in [0.717, 1.165) is 54.9 Å². The molecule has 1 saturated heterocycles. The molecule has 0 spiro atoms. The highest BCUT2D eigenvalue weighted by Gasteiger charge is 2.44. The number of aliphatic imine (C=N–C) groups is 1. The minimum Gasteiger partial charge on any atom is -0.391 e. The first-order valence-electron chi connectivity index (χ1n) is 22.8. The highest BCUT2D eigenvalue weighted by Crippen LogP contribution is 2.40. The molecule has 5 aromatic rings. The Hall–Kier alpha value is -5.37. The molecule has 1 aliphatic carbocycles. The van der Waals surface area contributed by atoms with Crippen LogP contribution >= 0.6 is 34.3 Å². The van der Waals surface area contributed by atoms with Crippen molar-refractivity contribution in [3.8, 4) is 15.4 Å². The van der Waals surface area contributed by atoms with Crippen LogP contribution in [0.15, 0.2) is 59.0 Å². The van der Waals surface area contributed by atoms with Crippen LogP contribution in [0, 0.1) is 33.1 Å². The van der Waals surface area contributed by atoms with Crippen molar-refractivity contribution in [2.45, 2.75) is 117 Å². The van der Waals surface area contributed by atoms with Gasteiger partial charge in [0.1, 0.15) is 35.6 Å². The summed E-state index contributed by atoms with van der Waals surface area (Å²) in [4.78, 5) is 67.3. The van der Waals surface area contributed by atoms with Crippen LogP contribution in [0.25, 0.3) is 15.4 Å². The lowest BCUT2D eigenvalue weighted by molar-refractivity contribution is -0.144. The zero-order valence-electron chi connectivity index (χ0n) is 39.3. The number of carbonyl (C=O) groups is 4. The van der Waals surface area contributed by atoms with E-state index in [1.807, 2.05) is 93.2 Å². The van der Waals surface area contributed by atoms with E-state index >= 15 is 0 Å². The van der Waals surface area contributed by atoms with Gasteiger partial charge in [0.25, 0.3) is 0 Å². The molecule has 2 aromatic carbocycles. The maximum atomic E-state index is 14.0. The number of amides is 4. The van der Waals surface area contributed by atoms with Crippen LogP contribution in [0.2, 0.25) is 5.02 Å². The monoisotopic (exact) mass is 983 g/mol. The lowest BCUT2D eigenvalue weighted by atomic mass is 9.85. The number of hydrogen-bond donors (Lipinski definition) is 4. The van der Waals surface area contributed by atoms with Crippen LogP contribution in [-0.2, 0) is 35.2 Å². The van der Waals surface area contributed by atoms with Crippen LogP contribution in [0.4, 0.5) is 0 Å². The number of rotatable bonds is 16. The zero-order valence-corrected chi connectivity index (χ0v) is 41.7. The Balaban J connectivity index is 0.776. The van der Waals surface area contributed by atoms with Gasteiger partial charge in [0.2, 0.25) is 23.6 Å². The molecule has 1 unspecified atom stereocenters. The van der Waals surface area contributed by atoms with E-state index in [1.54, 1.807) is 22.7 Å². The zero-order chi connectivity index (χ0) is 48.4. The van der Waals surface area contributed by atoms with E-state index in [1.165, 1.54) is 9.78 Å². The molecule has 68 heavy (non-hydrogen) atoms. The fourth-order valence-corrected chi connectivity index (χ4v) is 11.0. The molecular formula is C49H58ClN9O7S2. The Bertz CT molecular complexity index is 2690. The first-order chi connectivity index (χ1) is 32.4. The third-order valence-corrected chi connectivity index (χ3v) is 15.1. The maximum Gasteiger partial charge on any atom is 0.246 e. The molecule has 5 heterocycles. The summed E-state index contributed by atoms with van der Waals surface area (Å²) in [6.07, 6.45) is 0.464. The minimum atomic E-state index is -0.982. The molecule has 3 aliphatic rings. The second kappa shape index (κ2) is 20.7. The van der Waals surface area contributed by atoms with E-state index in [4.69, 9.17) is 26.1 Å². The molecule has 4 atom stereocenters. The first kappa shape index (κ1) is 49.1.